The molecule has 0 aliphatic carbocycles. The number of nitrogens with one attached hydrogen (secondary N) is 1. The van der Waals surface area contributed by atoms with E-state index < -0.39 is 11.9 Å². The molecule has 1 amide bonds. The number of nitrogens with zero attached hydrogens (tertiary/aromatic N) is 1. The highest BCUT2D eigenvalue weighted by Gasteiger charge is 2.36. The van der Waals surface area contributed by atoms with Gasteiger partial charge in [0.1, 0.15) is 17.7 Å². The van der Waals surface area contributed by atoms with Crippen LogP contribution in [0, 0.1) is 18.6 Å². The number of aryl methyl sites for hydroxylation is 1. The van der Waals surface area contributed by atoms with Gasteiger partial charge in [-0.15, -0.1) is 0 Å². The van der Waals surface area contributed by atoms with Crippen molar-refractivity contribution in [3.8, 4) is 0 Å². The normalized spacial score (nSPS) is 17.0. The van der Waals surface area contributed by atoms with Crippen molar-refractivity contribution in [2.24, 2.45) is 0 Å². The molecule has 0 saturated carbocycles. The van der Waals surface area contributed by atoms with Crippen LogP contribution in [0.1, 0.15) is 41.6 Å². The van der Waals surface area contributed by atoms with Crippen LogP contribution in [0.25, 0.3) is 0 Å². The molecule has 3 aromatic rings. The smallest absolute Gasteiger partial charge is 0.250 e. The van der Waals surface area contributed by atoms with Crippen LogP contribution in [0.4, 0.5) is 14.5 Å². The third-order valence-corrected chi connectivity index (χ3v) is 5.63. The van der Waals surface area contributed by atoms with Gasteiger partial charge in [-0.2, -0.15) is 0 Å². The first-order valence-electron chi connectivity index (χ1n) is 10.2. The number of halogens is 2. The zero-order valence-electron chi connectivity index (χ0n) is 16.8. The number of hydrogen-bond acceptors (Lipinski definition) is 2. The van der Waals surface area contributed by atoms with Gasteiger partial charge in [-0.05, 0) is 43.5 Å². The third-order valence-electron chi connectivity index (χ3n) is 5.63. The Labute approximate surface area is 175 Å². The van der Waals surface area contributed by atoms with E-state index in [2.05, 4.69) is 5.32 Å². The molecule has 3 nitrogen and oxygen atoms in total. The van der Waals surface area contributed by atoms with Gasteiger partial charge in [-0.1, -0.05) is 60.2 Å². The Kier molecular flexibility index (Phi) is 5.79. The fourth-order valence-corrected chi connectivity index (χ4v) is 4.05. The molecule has 0 aromatic heterocycles. The highest BCUT2D eigenvalue weighted by molar-refractivity contribution is 5.87. The van der Waals surface area contributed by atoms with Crippen LogP contribution in [-0.4, -0.2) is 17.4 Å². The Balaban J connectivity index is 1.69. The number of anilines is 1. The largest absolute Gasteiger partial charge is 0.368 e. The van der Waals surface area contributed by atoms with Gasteiger partial charge in [-0.3, -0.25) is 4.79 Å². The van der Waals surface area contributed by atoms with Crippen LogP contribution in [0.15, 0.2) is 72.8 Å². The summed E-state index contributed by atoms with van der Waals surface area (Å²) in [5.74, 6) is -0.918. The second kappa shape index (κ2) is 8.66. The molecule has 0 radical (unpaired) electrons. The Morgan fingerprint density at radius 2 is 1.63 bits per heavy atom. The minimum Gasteiger partial charge on any atom is -0.368 e. The third kappa shape index (κ3) is 4.06. The second-order valence-electron chi connectivity index (χ2n) is 7.68. The lowest BCUT2D eigenvalue weighted by atomic mass is 10.0. The molecule has 4 rings (SSSR count). The molecule has 0 bridgehead atoms. The summed E-state index contributed by atoms with van der Waals surface area (Å²) in [5, 5.41) is 3.09. The standard InChI is InChI=1S/C25H24F2N2O/c1-17-12-14-18(15-13-17)24(28-22-10-5-4-9-21(22)27)25(30)29-16-6-11-23(29)19-7-2-3-8-20(19)26/h2-5,7-10,12-15,23-24,28H,6,11,16H2,1H3/t23-,24?/m0/s1. The average Bonchev–Trinajstić information content (AvgIpc) is 3.23. The SMILES string of the molecule is Cc1ccc(C(Nc2ccccc2F)C(=O)N2CCC[C@H]2c2ccccc2F)cc1. The molecule has 1 aliphatic heterocycles. The lowest BCUT2D eigenvalue weighted by molar-refractivity contribution is -0.133. The first kappa shape index (κ1) is 20.1. The number of para-hydroxylation sites is 1. The summed E-state index contributed by atoms with van der Waals surface area (Å²) in [6, 6.07) is 19.4. The predicted octanol–water partition coefficient (Wildman–Crippen LogP) is 5.79. The van der Waals surface area contributed by atoms with Crippen molar-refractivity contribution in [3.05, 3.63) is 101 Å². The molecule has 1 saturated heterocycles. The number of likely N-dealkylation sites (tertiary alicyclic amines) is 1. The maximum Gasteiger partial charge on any atom is 0.250 e. The van der Waals surface area contributed by atoms with Gasteiger partial charge in [0.05, 0.1) is 11.7 Å². The van der Waals surface area contributed by atoms with Crippen molar-refractivity contribution in [2.75, 3.05) is 11.9 Å². The molecule has 1 unspecified atom stereocenters. The average molecular weight is 406 g/mol. The minimum absolute atomic E-state index is 0.187. The molecule has 3 aromatic carbocycles. The van der Waals surface area contributed by atoms with E-state index in [0.29, 0.717) is 18.5 Å². The van der Waals surface area contributed by atoms with E-state index in [4.69, 9.17) is 0 Å². The molecule has 154 valence electrons. The molecule has 1 N–H and O–H groups in total. The maximum absolute atomic E-state index is 14.4. The number of carbonyl (C=O) groups excluding carboxylic acids is 1. The summed E-state index contributed by atoms with van der Waals surface area (Å²) in [6.07, 6.45) is 1.50. The van der Waals surface area contributed by atoms with Crippen LogP contribution in [0.5, 0.6) is 0 Å². The zero-order chi connectivity index (χ0) is 21.1. The van der Waals surface area contributed by atoms with Gasteiger partial charge in [-0.25, -0.2) is 8.78 Å². The first-order chi connectivity index (χ1) is 14.5. The highest BCUT2D eigenvalue weighted by atomic mass is 19.1. The van der Waals surface area contributed by atoms with Crippen LogP contribution in [0.3, 0.4) is 0 Å². The monoisotopic (exact) mass is 406 g/mol. The van der Waals surface area contributed by atoms with Crippen LogP contribution in [0.2, 0.25) is 0 Å². The number of carbonyl (C=O) groups is 1. The molecular weight excluding hydrogens is 382 g/mol. The quantitative estimate of drug-likeness (QED) is 0.582. The number of hydrogen-bond donors (Lipinski definition) is 1. The van der Waals surface area contributed by atoms with Gasteiger partial charge in [0.2, 0.25) is 5.91 Å². The summed E-state index contributed by atoms with van der Waals surface area (Å²) in [4.78, 5) is 15.4. The Morgan fingerprint density at radius 3 is 2.33 bits per heavy atom. The van der Waals surface area contributed by atoms with Gasteiger partial charge >= 0.3 is 0 Å². The van der Waals surface area contributed by atoms with Gasteiger partial charge in [0.15, 0.2) is 0 Å². The van der Waals surface area contributed by atoms with Crippen LogP contribution < -0.4 is 5.32 Å². The Morgan fingerprint density at radius 1 is 0.967 bits per heavy atom. The lowest BCUT2D eigenvalue weighted by Gasteiger charge is -2.30. The maximum atomic E-state index is 14.4. The van der Waals surface area contributed by atoms with E-state index in [1.165, 1.54) is 12.1 Å². The summed E-state index contributed by atoms with van der Waals surface area (Å²) in [5.41, 5.74) is 2.60. The number of rotatable bonds is 5. The van der Waals surface area contributed by atoms with Gasteiger partial charge < -0.3 is 10.2 Å². The Bertz CT molecular complexity index is 1040. The Hall–Kier alpha value is -3.21. The topological polar surface area (TPSA) is 32.3 Å². The molecule has 0 spiro atoms. The molecule has 1 aliphatic rings. The number of amides is 1. The summed E-state index contributed by atoms with van der Waals surface area (Å²) in [6.45, 7) is 2.51. The van der Waals surface area contributed by atoms with Gasteiger partial charge in [0, 0.05) is 12.1 Å². The van der Waals surface area contributed by atoms with Crippen molar-refractivity contribution in [1.82, 2.24) is 4.90 Å². The molecule has 1 fully saturated rings. The first-order valence-corrected chi connectivity index (χ1v) is 10.2. The molecule has 30 heavy (non-hydrogen) atoms. The minimum atomic E-state index is -0.769. The van der Waals surface area contributed by atoms with Crippen molar-refractivity contribution in [1.29, 1.82) is 0 Å². The number of benzene rings is 3. The van der Waals surface area contributed by atoms with Crippen molar-refractivity contribution in [3.63, 3.8) is 0 Å². The molecule has 5 heteroatoms. The van der Waals surface area contributed by atoms with Crippen LogP contribution in [-0.2, 0) is 4.79 Å². The van der Waals surface area contributed by atoms with E-state index in [1.807, 2.05) is 31.2 Å². The van der Waals surface area contributed by atoms with Crippen LogP contribution >= 0.6 is 0 Å². The summed E-state index contributed by atoms with van der Waals surface area (Å²) >= 11 is 0. The van der Waals surface area contributed by atoms with E-state index in [-0.39, 0.29) is 23.5 Å². The lowest BCUT2D eigenvalue weighted by Crippen LogP contribution is -2.38. The zero-order valence-corrected chi connectivity index (χ0v) is 16.8. The van der Waals surface area contributed by atoms with E-state index in [9.17, 15) is 13.6 Å². The fourth-order valence-electron chi connectivity index (χ4n) is 4.05. The predicted molar refractivity (Wildman–Crippen MR) is 114 cm³/mol. The van der Waals surface area contributed by atoms with Crippen molar-refractivity contribution in [2.45, 2.75) is 31.8 Å². The second-order valence-corrected chi connectivity index (χ2v) is 7.68. The van der Waals surface area contributed by atoms with Crippen molar-refractivity contribution < 1.29 is 13.6 Å². The highest BCUT2D eigenvalue weighted by Crippen LogP contribution is 2.36. The van der Waals surface area contributed by atoms with E-state index in [0.717, 1.165) is 17.5 Å². The molecular formula is C25H24F2N2O. The fraction of sp³-hybridized carbons (Fsp3) is 0.240. The molecule has 1 heterocycles. The summed E-state index contributed by atoms with van der Waals surface area (Å²) in [7, 11) is 0. The molecule has 2 atom stereocenters. The van der Waals surface area contributed by atoms with E-state index >= 15 is 0 Å². The van der Waals surface area contributed by atoms with Gasteiger partial charge in [0.25, 0.3) is 0 Å². The van der Waals surface area contributed by atoms with Crippen molar-refractivity contribution >= 4 is 11.6 Å². The van der Waals surface area contributed by atoms with E-state index in [1.54, 1.807) is 41.3 Å². The summed E-state index contributed by atoms with van der Waals surface area (Å²) < 4.78 is 28.8.